The third-order valence-corrected chi connectivity index (χ3v) is 3.43. The second-order valence-electron chi connectivity index (χ2n) is 4.33. The average molecular weight is 185 g/mol. The average Bonchev–Trinajstić information content (AvgIpc) is 2.03. The number of likely N-dealkylation sites (tertiary alicyclic amines) is 1. The van der Waals surface area contributed by atoms with Crippen molar-refractivity contribution < 1.29 is 15.0 Å². The van der Waals surface area contributed by atoms with Crippen molar-refractivity contribution in [2.45, 2.75) is 31.8 Å². The van der Waals surface area contributed by atoms with Gasteiger partial charge in [-0.3, -0.25) is 0 Å². The molecule has 2 fully saturated rings. The maximum atomic E-state index is 10.6. The van der Waals surface area contributed by atoms with Crippen molar-refractivity contribution in [1.82, 2.24) is 4.90 Å². The Bertz CT molecular complexity index is 213. The maximum Gasteiger partial charge on any atom is 0.407 e. The number of rotatable bonds is 0. The monoisotopic (exact) mass is 185 g/mol. The molecule has 2 aliphatic rings. The summed E-state index contributed by atoms with van der Waals surface area (Å²) in [5.41, 5.74) is 0.283. The van der Waals surface area contributed by atoms with E-state index in [1.54, 1.807) is 0 Å². The zero-order valence-corrected chi connectivity index (χ0v) is 7.57. The van der Waals surface area contributed by atoms with E-state index >= 15 is 0 Å². The van der Waals surface area contributed by atoms with Gasteiger partial charge in [0.05, 0.1) is 6.10 Å². The topological polar surface area (TPSA) is 60.8 Å². The minimum Gasteiger partial charge on any atom is -0.465 e. The summed E-state index contributed by atoms with van der Waals surface area (Å²) < 4.78 is 0. The molecule has 2 N–H and O–H groups in total. The van der Waals surface area contributed by atoms with Crippen LogP contribution in [-0.2, 0) is 0 Å². The van der Waals surface area contributed by atoms with Crippen LogP contribution in [0.25, 0.3) is 0 Å². The summed E-state index contributed by atoms with van der Waals surface area (Å²) in [4.78, 5) is 12.1. The number of hydrogen-bond acceptors (Lipinski definition) is 2. The summed E-state index contributed by atoms with van der Waals surface area (Å²) >= 11 is 0. The van der Waals surface area contributed by atoms with Crippen molar-refractivity contribution in [1.29, 1.82) is 0 Å². The summed E-state index contributed by atoms with van der Waals surface area (Å²) in [7, 11) is 0. The molecule has 1 saturated heterocycles. The fourth-order valence-corrected chi connectivity index (χ4v) is 2.52. The Morgan fingerprint density at radius 2 is 1.85 bits per heavy atom. The SMILES string of the molecule is O=C(O)N1CCC2(CC1)CC(O)C2. The lowest BCUT2D eigenvalue weighted by atomic mass is 9.61. The van der Waals surface area contributed by atoms with E-state index in [1.807, 2.05) is 0 Å². The fourth-order valence-electron chi connectivity index (χ4n) is 2.52. The minimum absolute atomic E-state index is 0.128. The van der Waals surface area contributed by atoms with Crippen LogP contribution in [0.5, 0.6) is 0 Å². The summed E-state index contributed by atoms with van der Waals surface area (Å²) in [6, 6.07) is 0. The summed E-state index contributed by atoms with van der Waals surface area (Å²) in [6.07, 6.45) is 2.67. The second-order valence-corrected chi connectivity index (χ2v) is 4.33. The molecule has 74 valence electrons. The molecule has 0 radical (unpaired) electrons. The molecule has 0 atom stereocenters. The van der Waals surface area contributed by atoms with E-state index in [-0.39, 0.29) is 11.5 Å². The summed E-state index contributed by atoms with van der Waals surface area (Å²) in [5.74, 6) is 0. The van der Waals surface area contributed by atoms with Crippen molar-refractivity contribution in [3.8, 4) is 0 Å². The largest absolute Gasteiger partial charge is 0.465 e. The van der Waals surface area contributed by atoms with Crippen LogP contribution >= 0.6 is 0 Å². The quantitative estimate of drug-likeness (QED) is 0.589. The van der Waals surface area contributed by atoms with Gasteiger partial charge in [0, 0.05) is 13.1 Å². The summed E-state index contributed by atoms with van der Waals surface area (Å²) in [5, 5.41) is 17.9. The van der Waals surface area contributed by atoms with Gasteiger partial charge in [-0.1, -0.05) is 0 Å². The van der Waals surface area contributed by atoms with Crippen LogP contribution in [0, 0.1) is 5.41 Å². The van der Waals surface area contributed by atoms with Crippen molar-refractivity contribution in [2.75, 3.05) is 13.1 Å². The highest BCUT2D eigenvalue weighted by Crippen LogP contribution is 2.48. The lowest BCUT2D eigenvalue weighted by Crippen LogP contribution is -2.50. The number of hydrogen-bond donors (Lipinski definition) is 2. The highest BCUT2D eigenvalue weighted by molar-refractivity contribution is 5.65. The second kappa shape index (κ2) is 2.87. The highest BCUT2D eigenvalue weighted by Gasteiger charge is 2.45. The molecule has 4 nitrogen and oxygen atoms in total. The first-order chi connectivity index (χ1) is 6.11. The first-order valence-electron chi connectivity index (χ1n) is 4.77. The van der Waals surface area contributed by atoms with Crippen LogP contribution in [0.2, 0.25) is 0 Å². The van der Waals surface area contributed by atoms with Crippen molar-refractivity contribution in [3.05, 3.63) is 0 Å². The number of carboxylic acid groups (broad SMARTS) is 1. The Labute approximate surface area is 77.2 Å². The number of amides is 1. The molecule has 0 aromatic carbocycles. The van der Waals surface area contributed by atoms with Gasteiger partial charge in [-0.2, -0.15) is 0 Å². The molecule has 1 amide bonds. The molecule has 0 aromatic heterocycles. The van der Waals surface area contributed by atoms with Crippen LogP contribution < -0.4 is 0 Å². The van der Waals surface area contributed by atoms with Crippen LogP contribution in [0.4, 0.5) is 4.79 Å². The van der Waals surface area contributed by atoms with Gasteiger partial charge in [0.2, 0.25) is 0 Å². The molecular weight excluding hydrogens is 170 g/mol. The van der Waals surface area contributed by atoms with Crippen LogP contribution in [0.3, 0.4) is 0 Å². The third kappa shape index (κ3) is 1.50. The Kier molecular flexibility index (Phi) is 1.95. The molecule has 1 saturated carbocycles. The number of aliphatic hydroxyl groups excluding tert-OH is 1. The first-order valence-corrected chi connectivity index (χ1v) is 4.77. The lowest BCUT2D eigenvalue weighted by molar-refractivity contribution is -0.0644. The zero-order valence-electron chi connectivity index (χ0n) is 7.57. The molecule has 4 heteroatoms. The first kappa shape index (κ1) is 8.81. The molecular formula is C9H15NO3. The van der Waals surface area contributed by atoms with E-state index in [0.717, 1.165) is 25.7 Å². The van der Waals surface area contributed by atoms with E-state index in [0.29, 0.717) is 13.1 Å². The molecule has 1 spiro atoms. The van der Waals surface area contributed by atoms with E-state index in [4.69, 9.17) is 5.11 Å². The lowest BCUT2D eigenvalue weighted by Gasteiger charge is -2.49. The van der Waals surface area contributed by atoms with Gasteiger partial charge in [0.1, 0.15) is 0 Å². The molecule has 1 aliphatic carbocycles. The van der Waals surface area contributed by atoms with E-state index < -0.39 is 6.09 Å². The Balaban J connectivity index is 1.86. The zero-order chi connectivity index (χ0) is 9.47. The Morgan fingerprint density at radius 1 is 1.31 bits per heavy atom. The summed E-state index contributed by atoms with van der Waals surface area (Å²) in [6.45, 7) is 1.28. The van der Waals surface area contributed by atoms with Gasteiger partial charge in [-0.25, -0.2) is 4.79 Å². The fraction of sp³-hybridized carbons (Fsp3) is 0.889. The normalized spacial score (nSPS) is 27.3. The van der Waals surface area contributed by atoms with Gasteiger partial charge in [-0.15, -0.1) is 0 Å². The third-order valence-electron chi connectivity index (χ3n) is 3.43. The van der Waals surface area contributed by atoms with E-state index in [1.165, 1.54) is 4.90 Å². The number of aliphatic hydroxyl groups is 1. The van der Waals surface area contributed by atoms with E-state index in [2.05, 4.69) is 0 Å². The van der Waals surface area contributed by atoms with Gasteiger partial charge < -0.3 is 15.1 Å². The smallest absolute Gasteiger partial charge is 0.407 e. The number of carbonyl (C=O) groups is 1. The number of piperidine rings is 1. The highest BCUT2D eigenvalue weighted by atomic mass is 16.4. The van der Waals surface area contributed by atoms with Crippen LogP contribution in [-0.4, -0.2) is 40.4 Å². The van der Waals surface area contributed by atoms with Gasteiger partial charge in [0.25, 0.3) is 0 Å². The molecule has 0 bridgehead atoms. The Hall–Kier alpha value is -0.770. The maximum absolute atomic E-state index is 10.6. The van der Waals surface area contributed by atoms with Crippen LogP contribution in [0.1, 0.15) is 25.7 Å². The molecule has 0 aromatic rings. The van der Waals surface area contributed by atoms with Gasteiger partial charge >= 0.3 is 6.09 Å². The van der Waals surface area contributed by atoms with Gasteiger partial charge in [0.15, 0.2) is 0 Å². The van der Waals surface area contributed by atoms with E-state index in [9.17, 15) is 9.90 Å². The molecule has 0 unspecified atom stereocenters. The van der Waals surface area contributed by atoms with Crippen molar-refractivity contribution >= 4 is 6.09 Å². The molecule has 13 heavy (non-hydrogen) atoms. The standard InChI is InChI=1S/C9H15NO3/c11-7-5-9(6-7)1-3-10(4-2-9)8(12)13/h7,11H,1-6H2,(H,12,13). The van der Waals surface area contributed by atoms with Crippen LogP contribution in [0.15, 0.2) is 0 Å². The molecule has 1 aliphatic heterocycles. The van der Waals surface area contributed by atoms with Gasteiger partial charge in [-0.05, 0) is 31.1 Å². The predicted octanol–water partition coefficient (Wildman–Crippen LogP) is 0.901. The van der Waals surface area contributed by atoms with Crippen molar-refractivity contribution in [3.63, 3.8) is 0 Å². The predicted molar refractivity (Wildman–Crippen MR) is 46.5 cm³/mol. The Morgan fingerprint density at radius 3 is 2.23 bits per heavy atom. The van der Waals surface area contributed by atoms with Crippen molar-refractivity contribution in [2.24, 2.45) is 5.41 Å². The molecule has 1 heterocycles. The minimum atomic E-state index is -0.810. The number of nitrogens with zero attached hydrogens (tertiary/aromatic N) is 1. The molecule has 2 rings (SSSR count).